The highest BCUT2D eigenvalue weighted by Gasteiger charge is 2.55. The van der Waals surface area contributed by atoms with Crippen molar-refractivity contribution in [3.8, 4) is 0 Å². The van der Waals surface area contributed by atoms with Crippen molar-refractivity contribution in [2.75, 3.05) is 0 Å². The molecule has 0 radical (unpaired) electrons. The molecule has 184 valence electrons. The monoisotopic (exact) mass is 498 g/mol. The molecule has 7 rings (SSSR count). The van der Waals surface area contributed by atoms with Crippen molar-refractivity contribution in [3.63, 3.8) is 0 Å². The Morgan fingerprint density at radius 2 is 0.769 bits per heavy atom. The van der Waals surface area contributed by atoms with E-state index in [9.17, 15) is 4.79 Å². The van der Waals surface area contributed by atoms with E-state index in [1.165, 1.54) is 0 Å². The molecule has 0 fully saturated rings. The Morgan fingerprint density at radius 1 is 0.385 bits per heavy atom. The normalized spacial score (nSPS) is 15.6. The zero-order chi connectivity index (χ0) is 26.2. The predicted molar refractivity (Wildman–Crippen MR) is 162 cm³/mol. The van der Waals surface area contributed by atoms with E-state index in [1.807, 2.05) is 30.3 Å². The minimum atomic E-state index is -1.01. The number of hydrogen-bond donors (Lipinski definition) is 0. The van der Waals surface area contributed by atoms with Crippen LogP contribution < -0.4 is 0 Å². The van der Waals surface area contributed by atoms with Crippen molar-refractivity contribution >= 4 is 34.2 Å². The zero-order valence-corrected chi connectivity index (χ0v) is 21.4. The molecule has 0 saturated heterocycles. The van der Waals surface area contributed by atoms with E-state index in [0.29, 0.717) is 0 Å². The van der Waals surface area contributed by atoms with Gasteiger partial charge >= 0.3 is 0 Å². The summed E-state index contributed by atoms with van der Waals surface area (Å²) in [6.45, 7) is 0. The first-order chi connectivity index (χ1) is 19.3. The van der Waals surface area contributed by atoms with E-state index in [0.717, 1.165) is 55.7 Å². The lowest BCUT2D eigenvalue weighted by Gasteiger charge is -2.38. The molecular weight excluding hydrogens is 472 g/mol. The Balaban J connectivity index is 1.75. The first-order valence-electron chi connectivity index (χ1n) is 13.3. The van der Waals surface area contributed by atoms with Crippen molar-refractivity contribution in [2.45, 2.75) is 5.41 Å². The highest BCUT2D eigenvalue weighted by Crippen LogP contribution is 2.63. The summed E-state index contributed by atoms with van der Waals surface area (Å²) in [6, 6.07) is 50.3. The van der Waals surface area contributed by atoms with Gasteiger partial charge in [-0.15, -0.1) is 0 Å². The number of allylic oxidation sites excluding steroid dienone is 5. The smallest absolute Gasteiger partial charge is 0.175 e. The lowest BCUT2D eigenvalue weighted by molar-refractivity contribution is -0.116. The number of ketones is 1. The van der Waals surface area contributed by atoms with Gasteiger partial charge in [-0.2, -0.15) is 0 Å². The zero-order valence-electron chi connectivity index (χ0n) is 21.4. The van der Waals surface area contributed by atoms with E-state index in [4.69, 9.17) is 0 Å². The van der Waals surface area contributed by atoms with Crippen LogP contribution in [0.5, 0.6) is 0 Å². The number of fused-ring (bicyclic) bond motifs is 2. The maximum absolute atomic E-state index is 14.7. The van der Waals surface area contributed by atoms with Crippen LogP contribution in [0.25, 0.3) is 28.4 Å². The van der Waals surface area contributed by atoms with Gasteiger partial charge in [0, 0.05) is 0 Å². The summed E-state index contributed by atoms with van der Waals surface area (Å²) >= 11 is 0. The van der Waals surface area contributed by atoms with Crippen LogP contribution in [0.3, 0.4) is 0 Å². The molecule has 0 aliphatic heterocycles. The number of rotatable bonds is 4. The standard InChI is InChI=1S/C38H26O/c39-33-26-25-27-15-13-14-24-32(27)38(33)36(30-20-9-3-10-21-30)34(28-16-5-1-6-17-28)35(29-18-7-2-8-19-29)37(38)31-22-11-4-12-23-31/h1-26H. The third-order valence-corrected chi connectivity index (χ3v) is 7.90. The van der Waals surface area contributed by atoms with E-state index >= 15 is 0 Å². The molecule has 0 unspecified atom stereocenters. The topological polar surface area (TPSA) is 17.1 Å². The fourth-order valence-electron chi connectivity index (χ4n) is 6.39. The number of carbonyl (C=O) groups excluding carboxylic acids is 1. The third-order valence-electron chi connectivity index (χ3n) is 7.90. The molecule has 1 spiro atoms. The Bertz CT molecular complexity index is 1670. The molecule has 1 nitrogen and oxygen atoms in total. The molecule has 0 heterocycles. The van der Waals surface area contributed by atoms with Gasteiger partial charge in [-0.25, -0.2) is 0 Å². The van der Waals surface area contributed by atoms with Gasteiger partial charge in [0.2, 0.25) is 0 Å². The average molecular weight is 499 g/mol. The fraction of sp³-hybridized carbons (Fsp3) is 0.0263. The molecule has 0 bridgehead atoms. The van der Waals surface area contributed by atoms with Gasteiger partial charge in [-0.3, -0.25) is 4.79 Å². The molecule has 1 heteroatoms. The van der Waals surface area contributed by atoms with E-state index in [2.05, 4.69) is 121 Å². The first kappa shape index (κ1) is 23.1. The van der Waals surface area contributed by atoms with Crippen LogP contribution in [0, 0.1) is 0 Å². The van der Waals surface area contributed by atoms with E-state index < -0.39 is 5.41 Å². The van der Waals surface area contributed by atoms with Crippen LogP contribution >= 0.6 is 0 Å². The summed E-state index contributed by atoms with van der Waals surface area (Å²) in [7, 11) is 0. The second-order valence-corrected chi connectivity index (χ2v) is 10.00. The van der Waals surface area contributed by atoms with Crippen molar-refractivity contribution in [1.29, 1.82) is 0 Å². The average Bonchev–Trinajstić information content (AvgIpc) is 3.33. The lowest BCUT2D eigenvalue weighted by Crippen LogP contribution is -2.38. The maximum Gasteiger partial charge on any atom is 0.175 e. The molecule has 5 aromatic rings. The summed E-state index contributed by atoms with van der Waals surface area (Å²) < 4.78 is 0. The Morgan fingerprint density at radius 3 is 1.23 bits per heavy atom. The minimum Gasteiger partial charge on any atom is -0.293 e. The quantitative estimate of drug-likeness (QED) is 0.242. The van der Waals surface area contributed by atoms with Crippen LogP contribution in [0.15, 0.2) is 152 Å². The van der Waals surface area contributed by atoms with Crippen molar-refractivity contribution < 1.29 is 4.79 Å². The highest BCUT2D eigenvalue weighted by atomic mass is 16.1. The van der Waals surface area contributed by atoms with Crippen LogP contribution in [0.1, 0.15) is 33.4 Å². The van der Waals surface area contributed by atoms with Crippen LogP contribution in [-0.4, -0.2) is 5.78 Å². The molecule has 2 aliphatic rings. The lowest BCUT2D eigenvalue weighted by atomic mass is 9.61. The molecular formula is C38H26O. The molecule has 5 aromatic carbocycles. The van der Waals surface area contributed by atoms with Crippen LogP contribution in [0.4, 0.5) is 0 Å². The van der Waals surface area contributed by atoms with Gasteiger partial charge in [0.05, 0.1) is 0 Å². The third kappa shape index (κ3) is 3.51. The maximum atomic E-state index is 14.7. The van der Waals surface area contributed by atoms with Gasteiger partial charge in [-0.1, -0.05) is 152 Å². The summed E-state index contributed by atoms with van der Waals surface area (Å²) in [6.07, 6.45) is 3.75. The summed E-state index contributed by atoms with van der Waals surface area (Å²) in [4.78, 5) is 14.7. The highest BCUT2D eigenvalue weighted by molar-refractivity contribution is 6.39. The molecule has 2 aliphatic carbocycles. The van der Waals surface area contributed by atoms with Gasteiger partial charge < -0.3 is 0 Å². The number of carbonyl (C=O) groups is 1. The van der Waals surface area contributed by atoms with Gasteiger partial charge in [0.15, 0.2) is 5.78 Å². The van der Waals surface area contributed by atoms with Crippen molar-refractivity contribution in [1.82, 2.24) is 0 Å². The minimum absolute atomic E-state index is 0.0817. The second kappa shape index (κ2) is 9.38. The molecule has 0 N–H and O–H groups in total. The number of benzene rings is 5. The summed E-state index contributed by atoms with van der Waals surface area (Å²) in [5.74, 6) is 0.0817. The van der Waals surface area contributed by atoms with Gasteiger partial charge in [-0.05, 0) is 61.7 Å². The number of hydrogen-bond acceptors (Lipinski definition) is 1. The van der Waals surface area contributed by atoms with E-state index in [1.54, 1.807) is 6.08 Å². The molecule has 0 saturated carbocycles. The summed E-state index contributed by atoms with van der Waals surface area (Å²) in [5, 5.41) is 0. The van der Waals surface area contributed by atoms with Crippen LogP contribution in [-0.2, 0) is 10.2 Å². The first-order valence-corrected chi connectivity index (χ1v) is 13.3. The molecule has 0 atom stereocenters. The second-order valence-electron chi connectivity index (χ2n) is 10.00. The predicted octanol–water partition coefficient (Wildman–Crippen LogP) is 8.76. The Labute approximate surface area is 229 Å². The SMILES string of the molecule is O=C1C=Cc2ccccc2C12C(c1ccccc1)=C(c1ccccc1)C(c1ccccc1)=C2c1ccccc1. The van der Waals surface area contributed by atoms with Crippen molar-refractivity contribution in [2.24, 2.45) is 0 Å². The molecule has 39 heavy (non-hydrogen) atoms. The van der Waals surface area contributed by atoms with E-state index in [-0.39, 0.29) is 5.78 Å². The van der Waals surface area contributed by atoms with Crippen LogP contribution in [0.2, 0.25) is 0 Å². The van der Waals surface area contributed by atoms with Gasteiger partial charge in [0.25, 0.3) is 0 Å². The Kier molecular flexibility index (Phi) is 5.56. The van der Waals surface area contributed by atoms with Crippen molar-refractivity contribution in [3.05, 3.63) is 185 Å². The van der Waals surface area contributed by atoms with Gasteiger partial charge in [0.1, 0.15) is 5.41 Å². The fourth-order valence-corrected chi connectivity index (χ4v) is 6.39. The summed E-state index contributed by atoms with van der Waals surface area (Å²) in [5.41, 5.74) is 9.65. The Hall–Kier alpha value is -5.01. The molecule has 0 amide bonds. The largest absolute Gasteiger partial charge is 0.293 e. The molecule has 0 aromatic heterocycles.